The van der Waals surface area contributed by atoms with Gasteiger partial charge in [-0.1, -0.05) is 11.6 Å². The molecule has 1 fully saturated rings. The molecule has 6 heteroatoms. The smallest absolute Gasteiger partial charge is 0.255 e. The average molecular weight is 221 g/mol. The van der Waals surface area contributed by atoms with Gasteiger partial charge in [0.25, 0.3) is 5.92 Å². The molecule has 3 nitrogen and oxygen atoms in total. The molecular weight excluding hydrogens is 214 g/mol. The fourth-order valence-electron chi connectivity index (χ4n) is 1.01. The highest BCUT2D eigenvalue weighted by Crippen LogP contribution is 2.48. The van der Waals surface area contributed by atoms with E-state index >= 15 is 0 Å². The zero-order valence-corrected chi connectivity index (χ0v) is 7.84. The Hall–Kier alpha value is -0.970. The second-order valence-electron chi connectivity index (χ2n) is 3.15. The molecule has 1 heterocycles. The fourth-order valence-corrected chi connectivity index (χ4v) is 1.11. The quantitative estimate of drug-likeness (QED) is 0.783. The number of aromatic nitrogens is 2. The van der Waals surface area contributed by atoms with Gasteiger partial charge in [0, 0.05) is 6.42 Å². The number of halogens is 3. The van der Waals surface area contributed by atoms with Crippen LogP contribution in [0.4, 0.5) is 8.78 Å². The van der Waals surface area contributed by atoms with E-state index in [1.807, 2.05) is 0 Å². The predicted octanol–water partition coefficient (Wildman–Crippen LogP) is 2.16. The maximum atomic E-state index is 12.4. The lowest BCUT2D eigenvalue weighted by atomic mass is 10.4. The van der Waals surface area contributed by atoms with Gasteiger partial charge in [-0.2, -0.15) is 0 Å². The molecule has 1 aromatic rings. The summed E-state index contributed by atoms with van der Waals surface area (Å²) in [5, 5.41) is 0.245. The van der Waals surface area contributed by atoms with Crippen molar-refractivity contribution in [3.8, 4) is 5.88 Å². The van der Waals surface area contributed by atoms with Crippen molar-refractivity contribution in [3.05, 3.63) is 17.5 Å². The van der Waals surface area contributed by atoms with Crippen LogP contribution in [-0.4, -0.2) is 22.5 Å². The summed E-state index contributed by atoms with van der Waals surface area (Å²) in [5.41, 5.74) is 0. The third-order valence-electron chi connectivity index (χ3n) is 1.98. The van der Waals surface area contributed by atoms with E-state index in [9.17, 15) is 8.78 Å². The van der Waals surface area contributed by atoms with Crippen LogP contribution >= 0.6 is 11.6 Å². The molecule has 0 saturated heterocycles. The largest absolute Gasteiger partial charge is 0.476 e. The second-order valence-corrected chi connectivity index (χ2v) is 3.54. The van der Waals surface area contributed by atoms with E-state index in [1.165, 1.54) is 12.4 Å². The minimum absolute atomic E-state index is 0.0245. The Morgan fingerprint density at radius 3 is 2.71 bits per heavy atom. The second kappa shape index (κ2) is 3.31. The van der Waals surface area contributed by atoms with Gasteiger partial charge in [0.2, 0.25) is 5.88 Å². The molecule has 1 aliphatic carbocycles. The summed E-state index contributed by atoms with van der Waals surface area (Å²) in [7, 11) is 0. The third-order valence-corrected chi connectivity index (χ3v) is 2.18. The number of hydrogen-bond acceptors (Lipinski definition) is 3. The lowest BCUT2D eigenvalue weighted by molar-refractivity contribution is 0.0849. The number of alkyl halides is 2. The van der Waals surface area contributed by atoms with Crippen LogP contribution in [0.2, 0.25) is 5.15 Å². The molecule has 1 aliphatic rings. The van der Waals surface area contributed by atoms with Gasteiger partial charge < -0.3 is 4.74 Å². The number of ether oxygens (including phenoxy) is 1. The lowest BCUT2D eigenvalue weighted by Gasteiger charge is -2.02. The van der Waals surface area contributed by atoms with Gasteiger partial charge in [0.1, 0.15) is 5.15 Å². The van der Waals surface area contributed by atoms with Crippen LogP contribution in [0.15, 0.2) is 12.4 Å². The van der Waals surface area contributed by atoms with E-state index in [-0.39, 0.29) is 24.1 Å². The zero-order valence-electron chi connectivity index (χ0n) is 7.08. The monoisotopic (exact) mass is 220 g/mol. The van der Waals surface area contributed by atoms with E-state index < -0.39 is 11.8 Å². The molecule has 1 aromatic heterocycles. The first-order valence-corrected chi connectivity index (χ1v) is 4.44. The van der Waals surface area contributed by atoms with E-state index in [0.29, 0.717) is 0 Å². The van der Waals surface area contributed by atoms with Crippen LogP contribution < -0.4 is 4.74 Å². The standard InChI is InChI=1S/C8H7ClF2N2O/c9-6-2-13-7(3-12-6)14-4-5-1-8(5,10)11/h2-3,5H,1,4H2/t5-/m0/s1. The molecule has 1 atom stereocenters. The van der Waals surface area contributed by atoms with Gasteiger partial charge in [-0.25, -0.2) is 18.7 Å². The van der Waals surface area contributed by atoms with Gasteiger partial charge in [0.05, 0.1) is 24.9 Å². The molecular formula is C8H7ClF2N2O. The molecule has 0 aliphatic heterocycles. The number of hydrogen-bond donors (Lipinski definition) is 0. The van der Waals surface area contributed by atoms with Gasteiger partial charge in [-0.05, 0) is 0 Å². The summed E-state index contributed by atoms with van der Waals surface area (Å²) in [6.07, 6.45) is 2.51. The van der Waals surface area contributed by atoms with Crippen LogP contribution in [-0.2, 0) is 0 Å². The number of rotatable bonds is 3. The van der Waals surface area contributed by atoms with Crippen molar-refractivity contribution < 1.29 is 13.5 Å². The SMILES string of the molecule is FC1(F)C[C@H]1COc1cnc(Cl)cn1. The Morgan fingerprint density at radius 2 is 2.21 bits per heavy atom. The third kappa shape index (κ3) is 2.09. The van der Waals surface area contributed by atoms with Gasteiger partial charge >= 0.3 is 0 Å². The summed E-state index contributed by atoms with van der Waals surface area (Å²) in [6, 6.07) is 0. The lowest BCUT2D eigenvalue weighted by Crippen LogP contribution is -2.06. The van der Waals surface area contributed by atoms with Crippen LogP contribution in [0.1, 0.15) is 6.42 Å². The van der Waals surface area contributed by atoms with Crippen LogP contribution in [0.5, 0.6) is 5.88 Å². The Morgan fingerprint density at radius 1 is 1.50 bits per heavy atom. The molecule has 0 radical (unpaired) electrons. The molecule has 14 heavy (non-hydrogen) atoms. The molecule has 1 saturated carbocycles. The first kappa shape index (κ1) is 9.58. The molecule has 0 unspecified atom stereocenters. The molecule has 0 aromatic carbocycles. The van der Waals surface area contributed by atoms with Crippen molar-refractivity contribution >= 4 is 11.6 Å². The van der Waals surface area contributed by atoms with Crippen molar-refractivity contribution in [1.29, 1.82) is 0 Å². The Kier molecular flexibility index (Phi) is 2.26. The van der Waals surface area contributed by atoms with E-state index in [2.05, 4.69) is 9.97 Å². The average Bonchev–Trinajstić information content (AvgIpc) is 2.73. The van der Waals surface area contributed by atoms with E-state index in [4.69, 9.17) is 16.3 Å². The fraction of sp³-hybridized carbons (Fsp3) is 0.500. The summed E-state index contributed by atoms with van der Waals surface area (Å²) >= 11 is 5.48. The maximum absolute atomic E-state index is 12.4. The minimum atomic E-state index is -2.56. The number of nitrogens with zero attached hydrogens (tertiary/aromatic N) is 2. The minimum Gasteiger partial charge on any atom is -0.476 e. The molecule has 0 amide bonds. The Bertz CT molecular complexity index is 331. The molecule has 2 rings (SSSR count). The molecule has 0 bridgehead atoms. The zero-order chi connectivity index (χ0) is 10.2. The predicted molar refractivity (Wildman–Crippen MR) is 45.6 cm³/mol. The molecule has 0 spiro atoms. The Balaban J connectivity index is 1.84. The summed E-state index contributed by atoms with van der Waals surface area (Å²) in [5.74, 6) is -3.02. The highest BCUT2D eigenvalue weighted by Gasteiger charge is 2.57. The van der Waals surface area contributed by atoms with E-state index in [1.54, 1.807) is 0 Å². The van der Waals surface area contributed by atoms with Crippen molar-refractivity contribution in [1.82, 2.24) is 9.97 Å². The van der Waals surface area contributed by atoms with Crippen molar-refractivity contribution in [3.63, 3.8) is 0 Å². The van der Waals surface area contributed by atoms with Gasteiger partial charge in [0.15, 0.2) is 0 Å². The van der Waals surface area contributed by atoms with Crippen LogP contribution in [0.25, 0.3) is 0 Å². The highest BCUT2D eigenvalue weighted by atomic mass is 35.5. The van der Waals surface area contributed by atoms with Gasteiger partial charge in [-0.15, -0.1) is 0 Å². The molecule has 0 N–H and O–H groups in total. The maximum Gasteiger partial charge on any atom is 0.255 e. The van der Waals surface area contributed by atoms with Gasteiger partial charge in [-0.3, -0.25) is 0 Å². The highest BCUT2D eigenvalue weighted by molar-refractivity contribution is 6.29. The Labute approximate surface area is 84.1 Å². The summed E-state index contributed by atoms with van der Waals surface area (Å²) in [6.45, 7) is -0.0245. The first-order chi connectivity index (χ1) is 6.58. The topological polar surface area (TPSA) is 35.0 Å². The summed E-state index contributed by atoms with van der Waals surface area (Å²) in [4.78, 5) is 7.47. The van der Waals surface area contributed by atoms with Crippen molar-refractivity contribution in [2.24, 2.45) is 5.92 Å². The van der Waals surface area contributed by atoms with Crippen molar-refractivity contribution in [2.75, 3.05) is 6.61 Å². The van der Waals surface area contributed by atoms with Crippen LogP contribution in [0, 0.1) is 5.92 Å². The first-order valence-electron chi connectivity index (χ1n) is 4.06. The normalized spacial score (nSPS) is 23.2. The van der Waals surface area contributed by atoms with Crippen LogP contribution in [0.3, 0.4) is 0 Å². The molecule has 76 valence electrons. The van der Waals surface area contributed by atoms with E-state index in [0.717, 1.165) is 0 Å². The van der Waals surface area contributed by atoms with Crippen molar-refractivity contribution in [2.45, 2.75) is 12.3 Å². The summed E-state index contributed by atoms with van der Waals surface area (Å²) < 4.78 is 29.9.